The zero-order chi connectivity index (χ0) is 12.8. The minimum absolute atomic E-state index is 0.0758. The second-order valence-electron chi connectivity index (χ2n) is 6.41. The first-order chi connectivity index (χ1) is 7.80. The second-order valence-corrected chi connectivity index (χ2v) is 6.41. The van der Waals surface area contributed by atoms with E-state index in [-0.39, 0.29) is 17.7 Å². The summed E-state index contributed by atoms with van der Waals surface area (Å²) >= 11 is 0. The van der Waals surface area contributed by atoms with Gasteiger partial charge in [0.2, 0.25) is 5.91 Å². The van der Waals surface area contributed by atoms with Gasteiger partial charge in [-0.05, 0) is 24.7 Å². The van der Waals surface area contributed by atoms with Crippen molar-refractivity contribution in [2.45, 2.75) is 33.6 Å². The Bertz CT molecular complexity index is 341. The van der Waals surface area contributed by atoms with Crippen LogP contribution in [0.3, 0.4) is 0 Å². The molecule has 0 spiro atoms. The van der Waals surface area contributed by atoms with E-state index >= 15 is 0 Å². The molecular formula is C13H21NO3. The number of aliphatic carboxylic acids is 1. The molecule has 0 unspecified atom stereocenters. The number of hydrogen-bond donors (Lipinski definition) is 1. The van der Waals surface area contributed by atoms with Crippen molar-refractivity contribution in [1.29, 1.82) is 0 Å². The molecule has 2 aliphatic rings. The van der Waals surface area contributed by atoms with E-state index < -0.39 is 11.4 Å². The average Bonchev–Trinajstić information content (AvgIpc) is 2.94. The van der Waals surface area contributed by atoms with Crippen molar-refractivity contribution in [3.63, 3.8) is 0 Å². The fraction of sp³-hybridized carbons (Fsp3) is 0.846. The number of carbonyl (C=O) groups excluding carboxylic acids is 1. The molecule has 2 rings (SSSR count). The largest absolute Gasteiger partial charge is 0.481 e. The van der Waals surface area contributed by atoms with Crippen molar-refractivity contribution in [1.82, 2.24) is 4.90 Å². The van der Waals surface area contributed by atoms with Gasteiger partial charge in [-0.2, -0.15) is 0 Å². The molecule has 0 aromatic heterocycles. The van der Waals surface area contributed by atoms with Crippen LogP contribution in [0.25, 0.3) is 0 Å². The maximum absolute atomic E-state index is 12.2. The molecule has 0 bridgehead atoms. The molecule has 4 nitrogen and oxygen atoms in total. The highest BCUT2D eigenvalue weighted by Gasteiger charge is 2.47. The first-order valence-corrected chi connectivity index (χ1v) is 6.33. The third-order valence-corrected chi connectivity index (χ3v) is 3.84. The summed E-state index contributed by atoms with van der Waals surface area (Å²) in [6.07, 6.45) is 2.26. The van der Waals surface area contributed by atoms with Crippen LogP contribution in [0.1, 0.15) is 33.6 Å². The Morgan fingerprint density at radius 3 is 2.18 bits per heavy atom. The number of hydrogen-bond acceptors (Lipinski definition) is 2. The van der Waals surface area contributed by atoms with Gasteiger partial charge in [0.15, 0.2) is 0 Å². The van der Waals surface area contributed by atoms with Crippen molar-refractivity contribution in [3.8, 4) is 0 Å². The van der Waals surface area contributed by atoms with Crippen LogP contribution in [-0.2, 0) is 9.59 Å². The molecular weight excluding hydrogens is 218 g/mol. The topological polar surface area (TPSA) is 57.6 Å². The predicted octanol–water partition coefficient (Wildman–Crippen LogP) is 1.60. The number of likely N-dealkylation sites (tertiary alicyclic amines) is 1. The monoisotopic (exact) mass is 239 g/mol. The fourth-order valence-corrected chi connectivity index (χ4v) is 2.73. The Morgan fingerprint density at radius 2 is 1.76 bits per heavy atom. The van der Waals surface area contributed by atoms with Crippen LogP contribution < -0.4 is 0 Å². The van der Waals surface area contributed by atoms with E-state index in [1.54, 1.807) is 4.90 Å². The molecule has 1 saturated carbocycles. The van der Waals surface area contributed by atoms with E-state index in [1.165, 1.54) is 0 Å². The van der Waals surface area contributed by atoms with Crippen molar-refractivity contribution < 1.29 is 14.7 Å². The lowest BCUT2D eigenvalue weighted by molar-refractivity contribution is -0.143. The third-order valence-electron chi connectivity index (χ3n) is 3.84. The smallest absolute Gasteiger partial charge is 0.308 e. The molecule has 2 fully saturated rings. The molecule has 2 atom stereocenters. The zero-order valence-corrected chi connectivity index (χ0v) is 10.8. The van der Waals surface area contributed by atoms with Gasteiger partial charge in [-0.1, -0.05) is 20.8 Å². The van der Waals surface area contributed by atoms with Crippen LogP contribution in [0.5, 0.6) is 0 Å². The van der Waals surface area contributed by atoms with Crippen molar-refractivity contribution in [2.75, 3.05) is 13.1 Å². The standard InChI is InChI=1S/C13H21NO3/c1-13(2,3)12(17)14-6-9(8-4-5-8)10(7-14)11(15)16/h8-10H,4-7H2,1-3H3,(H,15,16)/t9-,10+/m1/s1. The van der Waals surface area contributed by atoms with Gasteiger partial charge < -0.3 is 10.0 Å². The fourth-order valence-electron chi connectivity index (χ4n) is 2.73. The molecule has 17 heavy (non-hydrogen) atoms. The molecule has 96 valence electrons. The minimum atomic E-state index is -0.744. The number of carboxylic acid groups (broad SMARTS) is 1. The summed E-state index contributed by atoms with van der Waals surface area (Å²) in [7, 11) is 0. The molecule has 1 saturated heterocycles. The van der Waals surface area contributed by atoms with Gasteiger partial charge in [0.1, 0.15) is 0 Å². The molecule has 1 N–H and O–H groups in total. The van der Waals surface area contributed by atoms with Gasteiger partial charge in [0.25, 0.3) is 0 Å². The minimum Gasteiger partial charge on any atom is -0.481 e. The Hall–Kier alpha value is -1.06. The molecule has 0 aromatic rings. The first kappa shape index (κ1) is 12.4. The van der Waals surface area contributed by atoms with Crippen molar-refractivity contribution in [3.05, 3.63) is 0 Å². The lowest BCUT2D eigenvalue weighted by Crippen LogP contribution is -2.38. The number of carbonyl (C=O) groups is 2. The van der Waals surface area contributed by atoms with E-state index in [2.05, 4.69) is 0 Å². The molecule has 4 heteroatoms. The summed E-state index contributed by atoms with van der Waals surface area (Å²) in [6.45, 7) is 6.69. The number of amides is 1. The number of nitrogens with zero attached hydrogens (tertiary/aromatic N) is 1. The lowest BCUT2D eigenvalue weighted by Gasteiger charge is -2.25. The van der Waals surface area contributed by atoms with E-state index in [9.17, 15) is 14.7 Å². The summed E-state index contributed by atoms with van der Waals surface area (Å²) in [5, 5.41) is 9.22. The van der Waals surface area contributed by atoms with Gasteiger partial charge in [-0.3, -0.25) is 9.59 Å². The summed E-state index contributed by atoms with van der Waals surface area (Å²) in [4.78, 5) is 25.1. The van der Waals surface area contributed by atoms with Crippen LogP contribution in [-0.4, -0.2) is 35.0 Å². The molecule has 1 aliphatic heterocycles. The SMILES string of the molecule is CC(C)(C)C(=O)N1C[C@H](C(=O)O)[C@@H](C2CC2)C1. The molecule has 1 heterocycles. The van der Waals surface area contributed by atoms with Gasteiger partial charge in [-0.15, -0.1) is 0 Å². The lowest BCUT2D eigenvalue weighted by atomic mass is 9.92. The maximum atomic E-state index is 12.2. The highest BCUT2D eigenvalue weighted by Crippen LogP contribution is 2.44. The zero-order valence-electron chi connectivity index (χ0n) is 10.8. The summed E-state index contributed by atoms with van der Waals surface area (Å²) in [5.41, 5.74) is -0.415. The van der Waals surface area contributed by atoms with Gasteiger partial charge >= 0.3 is 5.97 Å². The van der Waals surface area contributed by atoms with Crippen LogP contribution in [0, 0.1) is 23.2 Å². The van der Waals surface area contributed by atoms with Gasteiger partial charge in [0, 0.05) is 18.5 Å². The first-order valence-electron chi connectivity index (χ1n) is 6.33. The molecule has 1 amide bonds. The summed E-state index contributed by atoms with van der Waals surface area (Å²) in [6, 6.07) is 0. The Balaban J connectivity index is 2.08. The predicted molar refractivity (Wildman–Crippen MR) is 63.4 cm³/mol. The van der Waals surface area contributed by atoms with Gasteiger partial charge in [-0.25, -0.2) is 0 Å². The highest BCUT2D eigenvalue weighted by molar-refractivity contribution is 5.83. The molecule has 0 radical (unpaired) electrons. The van der Waals surface area contributed by atoms with Crippen molar-refractivity contribution >= 4 is 11.9 Å². The Labute approximate surface area is 102 Å². The van der Waals surface area contributed by atoms with E-state index in [0.717, 1.165) is 12.8 Å². The third kappa shape index (κ3) is 2.45. The normalized spacial score (nSPS) is 29.5. The van der Waals surface area contributed by atoms with Gasteiger partial charge in [0.05, 0.1) is 5.92 Å². The quantitative estimate of drug-likeness (QED) is 0.796. The van der Waals surface area contributed by atoms with Crippen molar-refractivity contribution in [2.24, 2.45) is 23.2 Å². The van der Waals surface area contributed by atoms with E-state index in [1.807, 2.05) is 20.8 Å². The van der Waals surface area contributed by atoms with Crippen LogP contribution >= 0.6 is 0 Å². The second kappa shape index (κ2) is 4.00. The summed E-state index contributed by atoms with van der Waals surface area (Å²) in [5.74, 6) is -0.306. The highest BCUT2D eigenvalue weighted by atomic mass is 16.4. The molecule has 0 aromatic carbocycles. The molecule has 1 aliphatic carbocycles. The van der Waals surface area contributed by atoms with E-state index in [0.29, 0.717) is 19.0 Å². The average molecular weight is 239 g/mol. The van der Waals surface area contributed by atoms with Crippen LogP contribution in [0.15, 0.2) is 0 Å². The van der Waals surface area contributed by atoms with Crippen LogP contribution in [0.4, 0.5) is 0 Å². The van der Waals surface area contributed by atoms with E-state index in [4.69, 9.17) is 0 Å². The number of carboxylic acids is 1. The maximum Gasteiger partial charge on any atom is 0.308 e. The number of rotatable bonds is 2. The Kier molecular flexibility index (Phi) is 2.92. The van der Waals surface area contributed by atoms with Crippen LogP contribution in [0.2, 0.25) is 0 Å². The summed E-state index contributed by atoms with van der Waals surface area (Å²) < 4.78 is 0. The Morgan fingerprint density at radius 1 is 1.18 bits per heavy atom.